The van der Waals surface area contributed by atoms with E-state index in [9.17, 15) is 20.0 Å². The third-order valence-corrected chi connectivity index (χ3v) is 2.83. The first kappa shape index (κ1) is 13.5. The zero-order chi connectivity index (χ0) is 14.7. The predicted octanol–water partition coefficient (Wildman–Crippen LogP) is 2.97. The second-order valence-electron chi connectivity index (χ2n) is 4.02. The summed E-state index contributed by atoms with van der Waals surface area (Å²) >= 11 is 0. The first-order chi connectivity index (χ1) is 9.52. The first-order valence-electron chi connectivity index (χ1n) is 5.69. The summed E-state index contributed by atoms with van der Waals surface area (Å²) in [5.74, 6) is -0.635. The van der Waals surface area contributed by atoms with Gasteiger partial charge in [-0.3, -0.25) is 10.1 Å². The minimum atomic E-state index is -1.22. The highest BCUT2D eigenvalue weighted by Crippen LogP contribution is 2.29. The molecule has 0 saturated heterocycles. The molecule has 20 heavy (non-hydrogen) atoms. The van der Waals surface area contributed by atoms with Crippen molar-refractivity contribution in [3.63, 3.8) is 0 Å². The van der Waals surface area contributed by atoms with Crippen molar-refractivity contribution in [3.05, 3.63) is 58.1 Å². The van der Waals surface area contributed by atoms with Crippen molar-refractivity contribution in [2.75, 3.05) is 7.11 Å². The fourth-order valence-electron chi connectivity index (χ4n) is 1.87. The number of carboxylic acid groups (broad SMARTS) is 1. The highest BCUT2D eigenvalue weighted by atomic mass is 16.6. The molecule has 2 aromatic rings. The van der Waals surface area contributed by atoms with Gasteiger partial charge in [-0.25, -0.2) is 4.79 Å². The van der Waals surface area contributed by atoms with Crippen LogP contribution in [0.4, 0.5) is 5.69 Å². The standard InChI is InChI=1S/C14H11NO5/c1-20-11-4-2-3-9(7-11)12-6-5-10(15(18)19)8-13(12)14(16)17/h2-8H,1H3,(H,16,17). The molecular weight excluding hydrogens is 262 g/mol. The molecule has 0 aromatic heterocycles. The Morgan fingerprint density at radius 3 is 2.60 bits per heavy atom. The summed E-state index contributed by atoms with van der Waals surface area (Å²) in [6, 6.07) is 10.6. The van der Waals surface area contributed by atoms with Gasteiger partial charge >= 0.3 is 5.97 Å². The van der Waals surface area contributed by atoms with Crippen LogP contribution in [0.5, 0.6) is 5.75 Å². The molecule has 1 N–H and O–H groups in total. The fourth-order valence-corrected chi connectivity index (χ4v) is 1.87. The van der Waals surface area contributed by atoms with Crippen molar-refractivity contribution < 1.29 is 19.6 Å². The highest BCUT2D eigenvalue weighted by Gasteiger charge is 2.17. The second kappa shape index (κ2) is 5.40. The summed E-state index contributed by atoms with van der Waals surface area (Å²) in [6.07, 6.45) is 0. The summed E-state index contributed by atoms with van der Waals surface area (Å²) in [6.45, 7) is 0. The quantitative estimate of drug-likeness (QED) is 0.683. The number of aromatic carboxylic acids is 1. The number of benzene rings is 2. The number of ether oxygens (including phenoxy) is 1. The Labute approximate surface area is 114 Å². The maximum atomic E-state index is 11.3. The van der Waals surface area contributed by atoms with Crippen LogP contribution in [0.15, 0.2) is 42.5 Å². The lowest BCUT2D eigenvalue weighted by atomic mass is 9.99. The number of non-ortho nitro benzene ring substituents is 1. The van der Waals surface area contributed by atoms with Crippen LogP contribution >= 0.6 is 0 Å². The van der Waals surface area contributed by atoms with Crippen LogP contribution in [0.2, 0.25) is 0 Å². The predicted molar refractivity (Wildman–Crippen MR) is 72.0 cm³/mol. The molecule has 102 valence electrons. The number of nitro groups is 1. The Bertz CT molecular complexity index is 681. The Balaban J connectivity index is 2.60. The maximum absolute atomic E-state index is 11.3. The van der Waals surface area contributed by atoms with E-state index in [1.807, 2.05) is 0 Å². The van der Waals surface area contributed by atoms with Crippen LogP contribution in [0.25, 0.3) is 11.1 Å². The number of rotatable bonds is 4. The molecular formula is C14H11NO5. The molecule has 6 heteroatoms. The van der Waals surface area contributed by atoms with E-state index in [1.165, 1.54) is 19.2 Å². The minimum Gasteiger partial charge on any atom is -0.497 e. The van der Waals surface area contributed by atoms with Crippen molar-refractivity contribution in [2.24, 2.45) is 0 Å². The Kier molecular flexibility index (Phi) is 3.65. The number of nitrogens with zero attached hydrogens (tertiary/aromatic N) is 1. The van der Waals surface area contributed by atoms with E-state index in [-0.39, 0.29) is 11.3 Å². The van der Waals surface area contributed by atoms with Gasteiger partial charge in [-0.15, -0.1) is 0 Å². The summed E-state index contributed by atoms with van der Waals surface area (Å²) in [7, 11) is 1.51. The van der Waals surface area contributed by atoms with Gasteiger partial charge in [-0.05, 0) is 29.3 Å². The van der Waals surface area contributed by atoms with E-state index in [0.717, 1.165) is 6.07 Å². The molecule has 0 fully saturated rings. The van der Waals surface area contributed by atoms with Gasteiger partial charge in [0.05, 0.1) is 17.6 Å². The first-order valence-corrected chi connectivity index (χ1v) is 5.69. The third-order valence-electron chi connectivity index (χ3n) is 2.83. The van der Waals surface area contributed by atoms with Crippen molar-refractivity contribution in [3.8, 4) is 16.9 Å². The van der Waals surface area contributed by atoms with Gasteiger partial charge in [0.1, 0.15) is 5.75 Å². The van der Waals surface area contributed by atoms with Gasteiger partial charge in [0, 0.05) is 12.1 Å². The van der Waals surface area contributed by atoms with Crippen LogP contribution in [0.3, 0.4) is 0 Å². The Morgan fingerprint density at radius 1 is 1.25 bits per heavy atom. The maximum Gasteiger partial charge on any atom is 0.336 e. The van der Waals surface area contributed by atoms with Gasteiger partial charge in [-0.1, -0.05) is 12.1 Å². The van der Waals surface area contributed by atoms with Crippen molar-refractivity contribution in [1.82, 2.24) is 0 Å². The molecule has 0 aliphatic carbocycles. The summed E-state index contributed by atoms with van der Waals surface area (Å²) < 4.78 is 5.08. The molecule has 0 heterocycles. The van der Waals surface area contributed by atoms with E-state index < -0.39 is 10.9 Å². The number of nitro benzene ring substituents is 1. The molecule has 0 aliphatic heterocycles. The number of carbonyl (C=O) groups is 1. The monoisotopic (exact) mass is 273 g/mol. The van der Waals surface area contributed by atoms with E-state index in [2.05, 4.69) is 0 Å². The highest BCUT2D eigenvalue weighted by molar-refractivity contribution is 5.97. The summed E-state index contributed by atoms with van der Waals surface area (Å²) in [4.78, 5) is 21.4. The number of hydrogen-bond acceptors (Lipinski definition) is 4. The van der Waals surface area contributed by atoms with Gasteiger partial charge in [0.25, 0.3) is 5.69 Å². The normalized spacial score (nSPS) is 10.1. The average molecular weight is 273 g/mol. The van der Waals surface area contributed by atoms with Crippen molar-refractivity contribution >= 4 is 11.7 Å². The fraction of sp³-hybridized carbons (Fsp3) is 0.0714. The number of hydrogen-bond donors (Lipinski definition) is 1. The lowest BCUT2D eigenvalue weighted by Crippen LogP contribution is -2.01. The van der Waals surface area contributed by atoms with E-state index in [0.29, 0.717) is 16.9 Å². The van der Waals surface area contributed by atoms with Crippen LogP contribution in [0.1, 0.15) is 10.4 Å². The van der Waals surface area contributed by atoms with E-state index >= 15 is 0 Å². The second-order valence-corrected chi connectivity index (χ2v) is 4.02. The zero-order valence-electron chi connectivity index (χ0n) is 10.6. The molecule has 0 amide bonds. The summed E-state index contributed by atoms with van der Waals surface area (Å²) in [5.41, 5.74) is 0.653. The topological polar surface area (TPSA) is 89.7 Å². The lowest BCUT2D eigenvalue weighted by Gasteiger charge is -2.08. The largest absolute Gasteiger partial charge is 0.497 e. The smallest absolute Gasteiger partial charge is 0.336 e. The Morgan fingerprint density at radius 2 is 2.00 bits per heavy atom. The van der Waals surface area contributed by atoms with E-state index in [1.54, 1.807) is 24.3 Å². The molecule has 0 atom stereocenters. The SMILES string of the molecule is COc1cccc(-c2ccc([N+](=O)[O-])cc2C(=O)O)c1. The Hall–Kier alpha value is -2.89. The molecule has 0 aliphatic rings. The van der Waals surface area contributed by atoms with Crippen molar-refractivity contribution in [2.45, 2.75) is 0 Å². The van der Waals surface area contributed by atoms with Crippen LogP contribution in [-0.2, 0) is 0 Å². The number of carboxylic acids is 1. The van der Waals surface area contributed by atoms with Crippen LogP contribution in [0, 0.1) is 10.1 Å². The lowest BCUT2D eigenvalue weighted by molar-refractivity contribution is -0.384. The van der Waals surface area contributed by atoms with Crippen LogP contribution in [-0.4, -0.2) is 23.1 Å². The number of methoxy groups -OCH3 is 1. The molecule has 0 unspecified atom stereocenters. The van der Waals surface area contributed by atoms with Crippen LogP contribution < -0.4 is 4.74 Å². The van der Waals surface area contributed by atoms with Gasteiger partial charge in [-0.2, -0.15) is 0 Å². The molecule has 0 bridgehead atoms. The summed E-state index contributed by atoms with van der Waals surface area (Å²) in [5, 5.41) is 19.9. The van der Waals surface area contributed by atoms with Gasteiger partial charge in [0.2, 0.25) is 0 Å². The van der Waals surface area contributed by atoms with Gasteiger partial charge in [0.15, 0.2) is 0 Å². The molecule has 0 spiro atoms. The third kappa shape index (κ3) is 2.59. The van der Waals surface area contributed by atoms with Crippen molar-refractivity contribution in [1.29, 1.82) is 0 Å². The molecule has 0 radical (unpaired) electrons. The molecule has 0 saturated carbocycles. The van der Waals surface area contributed by atoms with Gasteiger partial charge < -0.3 is 9.84 Å². The van der Waals surface area contributed by atoms with E-state index in [4.69, 9.17) is 4.74 Å². The average Bonchev–Trinajstić information content (AvgIpc) is 2.46. The zero-order valence-corrected chi connectivity index (χ0v) is 10.6. The minimum absolute atomic E-state index is 0.118. The molecule has 6 nitrogen and oxygen atoms in total. The molecule has 2 aromatic carbocycles. The molecule has 2 rings (SSSR count).